The minimum absolute atomic E-state index is 0.0333. The Kier molecular flexibility index (Phi) is 4.77. The molecule has 0 spiro atoms. The number of hydrogen-bond donors (Lipinski definition) is 0. The molecule has 0 aliphatic carbocycles. The first-order valence-corrected chi connectivity index (χ1v) is 10.5. The van der Waals surface area contributed by atoms with Crippen LogP contribution < -0.4 is 0 Å². The number of thiocarbonyl (C=S) groups is 1. The molecule has 1 aromatic rings. The van der Waals surface area contributed by atoms with Crippen LogP contribution in [0.25, 0.3) is 6.08 Å². The van der Waals surface area contributed by atoms with Crippen molar-refractivity contribution >= 4 is 73.3 Å². The van der Waals surface area contributed by atoms with E-state index in [0.29, 0.717) is 31.3 Å². The topological polar surface area (TPSA) is 54.5 Å². The lowest BCUT2D eigenvalue weighted by Crippen LogP contribution is -2.39. The van der Waals surface area contributed by atoms with Crippen LogP contribution in [0.3, 0.4) is 0 Å². The highest BCUT2D eigenvalue weighted by atomic mass is 35.5. The van der Waals surface area contributed by atoms with Crippen molar-refractivity contribution in [3.05, 3.63) is 38.7 Å². The summed E-state index contributed by atoms with van der Waals surface area (Å²) in [6.45, 7) is 0. The summed E-state index contributed by atoms with van der Waals surface area (Å²) < 4.78 is 23.6. The Balaban J connectivity index is 1.88. The molecule has 23 heavy (non-hydrogen) atoms. The third-order valence-electron chi connectivity index (χ3n) is 3.65. The molecule has 2 heterocycles. The summed E-state index contributed by atoms with van der Waals surface area (Å²) in [6, 6.07) is 4.62. The fourth-order valence-electron chi connectivity index (χ4n) is 2.53. The molecular formula is C14H11Cl2NO3S3. The minimum atomic E-state index is -3.09. The van der Waals surface area contributed by atoms with Gasteiger partial charge in [-0.3, -0.25) is 9.69 Å². The van der Waals surface area contributed by atoms with Gasteiger partial charge in [0.15, 0.2) is 9.84 Å². The Morgan fingerprint density at radius 2 is 2.09 bits per heavy atom. The van der Waals surface area contributed by atoms with Crippen molar-refractivity contribution in [1.82, 2.24) is 4.90 Å². The summed E-state index contributed by atoms with van der Waals surface area (Å²) in [4.78, 5) is 14.4. The van der Waals surface area contributed by atoms with Crippen LogP contribution in [0.15, 0.2) is 23.1 Å². The van der Waals surface area contributed by atoms with Gasteiger partial charge in [0.05, 0.1) is 22.5 Å². The quantitative estimate of drug-likeness (QED) is 0.555. The zero-order chi connectivity index (χ0) is 16.8. The zero-order valence-electron chi connectivity index (χ0n) is 11.7. The molecule has 1 atom stereocenters. The van der Waals surface area contributed by atoms with Gasteiger partial charge in [-0.05, 0) is 30.2 Å². The van der Waals surface area contributed by atoms with Gasteiger partial charge in [-0.1, -0.05) is 53.2 Å². The third-order valence-corrected chi connectivity index (χ3v) is 7.29. The molecule has 2 saturated heterocycles. The van der Waals surface area contributed by atoms with Crippen molar-refractivity contribution in [1.29, 1.82) is 0 Å². The van der Waals surface area contributed by atoms with Crippen LogP contribution in [0.4, 0.5) is 0 Å². The molecule has 2 aliphatic heterocycles. The highest BCUT2D eigenvalue weighted by Gasteiger charge is 2.42. The lowest BCUT2D eigenvalue weighted by molar-refractivity contribution is -0.123. The minimum Gasteiger partial charge on any atom is -0.289 e. The molecule has 0 bridgehead atoms. The molecule has 9 heteroatoms. The molecule has 4 nitrogen and oxygen atoms in total. The predicted octanol–water partition coefficient (Wildman–Crippen LogP) is 3.38. The standard InChI is InChI=1S/C14H11Cl2NO3S3/c15-9-2-1-8(11(16)6-9)5-12-13(18)17(14(21)22-12)10-3-4-23(19,20)7-10/h1-2,5-6,10H,3-4,7H2/b12-5-. The maximum Gasteiger partial charge on any atom is 0.266 e. The van der Waals surface area contributed by atoms with Crippen LogP contribution in [-0.4, -0.2) is 41.1 Å². The van der Waals surface area contributed by atoms with Gasteiger partial charge in [0.2, 0.25) is 0 Å². The Morgan fingerprint density at radius 1 is 1.35 bits per heavy atom. The molecule has 3 rings (SSSR count). The molecule has 1 unspecified atom stereocenters. The fourth-order valence-corrected chi connectivity index (χ4v) is 6.09. The number of rotatable bonds is 2. The number of carbonyl (C=O) groups is 1. The number of amides is 1. The van der Waals surface area contributed by atoms with Gasteiger partial charge in [0, 0.05) is 10.0 Å². The fraction of sp³-hybridized carbons (Fsp3) is 0.286. The predicted molar refractivity (Wildman–Crippen MR) is 98.5 cm³/mol. The van der Waals surface area contributed by atoms with Crippen molar-refractivity contribution in [2.45, 2.75) is 12.5 Å². The van der Waals surface area contributed by atoms with E-state index in [4.69, 9.17) is 35.4 Å². The number of benzene rings is 1. The number of carbonyl (C=O) groups excluding carboxylic acids is 1. The van der Waals surface area contributed by atoms with Crippen LogP contribution in [0.2, 0.25) is 10.0 Å². The number of sulfone groups is 1. The first-order valence-electron chi connectivity index (χ1n) is 6.69. The van der Waals surface area contributed by atoms with Crippen molar-refractivity contribution in [2.24, 2.45) is 0 Å². The summed E-state index contributed by atoms with van der Waals surface area (Å²) in [5.41, 5.74) is 0.663. The van der Waals surface area contributed by atoms with E-state index in [0.717, 1.165) is 11.8 Å². The molecule has 1 aromatic carbocycles. The van der Waals surface area contributed by atoms with E-state index in [1.165, 1.54) is 4.90 Å². The smallest absolute Gasteiger partial charge is 0.266 e. The highest BCUT2D eigenvalue weighted by molar-refractivity contribution is 8.26. The largest absolute Gasteiger partial charge is 0.289 e. The maximum atomic E-state index is 12.6. The SMILES string of the molecule is O=C1/C(=C/c2ccc(Cl)cc2Cl)SC(=S)N1C1CCS(=O)(=O)C1. The number of nitrogens with zero attached hydrogens (tertiary/aromatic N) is 1. The average molecular weight is 408 g/mol. The second kappa shape index (κ2) is 6.37. The molecule has 1 amide bonds. The van der Waals surface area contributed by atoms with E-state index in [-0.39, 0.29) is 23.5 Å². The van der Waals surface area contributed by atoms with E-state index in [9.17, 15) is 13.2 Å². The zero-order valence-corrected chi connectivity index (χ0v) is 15.6. The van der Waals surface area contributed by atoms with Crippen LogP contribution in [0, 0.1) is 0 Å². The first kappa shape index (κ1) is 17.2. The van der Waals surface area contributed by atoms with E-state index in [1.807, 2.05) is 0 Å². The van der Waals surface area contributed by atoms with Crippen molar-refractivity contribution < 1.29 is 13.2 Å². The molecule has 122 valence electrons. The molecule has 2 aliphatic rings. The number of halogens is 2. The van der Waals surface area contributed by atoms with E-state index in [1.54, 1.807) is 24.3 Å². The summed E-state index contributed by atoms with van der Waals surface area (Å²) in [6.07, 6.45) is 2.07. The Labute approximate surface area is 153 Å². The van der Waals surface area contributed by atoms with Crippen LogP contribution in [0.5, 0.6) is 0 Å². The average Bonchev–Trinajstić information content (AvgIpc) is 2.93. The van der Waals surface area contributed by atoms with Crippen LogP contribution in [0.1, 0.15) is 12.0 Å². The van der Waals surface area contributed by atoms with Crippen molar-refractivity contribution in [3.8, 4) is 0 Å². The lowest BCUT2D eigenvalue weighted by Gasteiger charge is -2.20. The van der Waals surface area contributed by atoms with E-state index < -0.39 is 9.84 Å². The molecule has 0 radical (unpaired) electrons. The Morgan fingerprint density at radius 3 is 2.70 bits per heavy atom. The molecule has 0 aromatic heterocycles. The third kappa shape index (κ3) is 3.58. The summed E-state index contributed by atoms with van der Waals surface area (Å²) in [7, 11) is -3.09. The summed E-state index contributed by atoms with van der Waals surface area (Å²) in [5.74, 6) is -0.210. The molecule has 0 N–H and O–H groups in total. The second-order valence-corrected chi connectivity index (χ2v) is 10.0. The highest BCUT2D eigenvalue weighted by Crippen LogP contribution is 2.37. The van der Waals surface area contributed by atoms with Gasteiger partial charge in [-0.2, -0.15) is 0 Å². The van der Waals surface area contributed by atoms with E-state index >= 15 is 0 Å². The summed E-state index contributed by atoms with van der Waals surface area (Å²) >= 11 is 18.4. The lowest BCUT2D eigenvalue weighted by atomic mass is 10.2. The normalized spacial score (nSPS) is 25.6. The Bertz CT molecular complexity index is 836. The maximum absolute atomic E-state index is 12.6. The van der Waals surface area contributed by atoms with E-state index in [2.05, 4.69) is 0 Å². The number of hydrogen-bond acceptors (Lipinski definition) is 5. The van der Waals surface area contributed by atoms with Crippen LogP contribution >= 0.6 is 47.2 Å². The first-order chi connectivity index (χ1) is 10.8. The van der Waals surface area contributed by atoms with Gasteiger partial charge in [0.1, 0.15) is 4.32 Å². The number of thioether (sulfide) groups is 1. The van der Waals surface area contributed by atoms with Gasteiger partial charge in [-0.25, -0.2) is 8.42 Å². The van der Waals surface area contributed by atoms with Gasteiger partial charge >= 0.3 is 0 Å². The summed E-state index contributed by atoms with van der Waals surface area (Å²) in [5, 5.41) is 0.946. The molecule has 0 saturated carbocycles. The molecule has 2 fully saturated rings. The van der Waals surface area contributed by atoms with Crippen molar-refractivity contribution in [3.63, 3.8) is 0 Å². The van der Waals surface area contributed by atoms with Gasteiger partial charge < -0.3 is 0 Å². The Hall–Kier alpha value is -0.600. The van der Waals surface area contributed by atoms with Crippen molar-refractivity contribution in [2.75, 3.05) is 11.5 Å². The van der Waals surface area contributed by atoms with Crippen LogP contribution in [-0.2, 0) is 14.6 Å². The second-order valence-electron chi connectivity index (χ2n) is 5.27. The van der Waals surface area contributed by atoms with Gasteiger partial charge in [-0.15, -0.1) is 0 Å². The monoisotopic (exact) mass is 407 g/mol. The van der Waals surface area contributed by atoms with Gasteiger partial charge in [0.25, 0.3) is 5.91 Å². The molecular weight excluding hydrogens is 397 g/mol.